The molecule has 25 heavy (non-hydrogen) atoms. The molecular weight excluding hydrogens is 320 g/mol. The maximum absolute atomic E-state index is 13.0. The zero-order chi connectivity index (χ0) is 17.8. The molecule has 6 atom stereocenters. The van der Waals surface area contributed by atoms with E-state index in [-0.39, 0.29) is 33.7 Å². The molecule has 0 amide bonds. The molecule has 1 N–H and O–H groups in total. The van der Waals surface area contributed by atoms with E-state index < -0.39 is 23.0 Å². The summed E-state index contributed by atoms with van der Waals surface area (Å²) < 4.78 is 6.06. The Morgan fingerprint density at radius 1 is 1.16 bits per heavy atom. The lowest BCUT2D eigenvalue weighted by atomic mass is 9.61. The highest BCUT2D eigenvalue weighted by Crippen LogP contribution is 2.75. The van der Waals surface area contributed by atoms with Crippen molar-refractivity contribution >= 4 is 5.97 Å². The largest absolute Gasteiger partial charge is 0.458 e. The molecule has 2 heterocycles. The molecule has 6 heteroatoms. The van der Waals surface area contributed by atoms with E-state index >= 15 is 0 Å². The first-order valence-corrected chi connectivity index (χ1v) is 9.83. The summed E-state index contributed by atoms with van der Waals surface area (Å²) in [7, 11) is 0. The predicted octanol–water partition coefficient (Wildman–Crippen LogP) is 2.67. The van der Waals surface area contributed by atoms with E-state index in [1.54, 1.807) is 0 Å². The van der Waals surface area contributed by atoms with Gasteiger partial charge in [-0.1, -0.05) is 40.0 Å². The van der Waals surface area contributed by atoms with Crippen molar-refractivity contribution in [3.63, 3.8) is 0 Å². The lowest BCUT2D eigenvalue weighted by Gasteiger charge is -2.46. The summed E-state index contributed by atoms with van der Waals surface area (Å²) >= 11 is 0. The molecule has 3 aliphatic carbocycles. The predicted molar refractivity (Wildman–Crippen MR) is 90.4 cm³/mol. The van der Waals surface area contributed by atoms with Crippen molar-refractivity contribution < 1.29 is 14.5 Å². The maximum atomic E-state index is 13.0. The Labute approximate surface area is 148 Å². The van der Waals surface area contributed by atoms with Gasteiger partial charge in [-0.2, -0.15) is 0 Å². The number of hydrogen-bond acceptors (Lipinski definition) is 5. The zero-order valence-electron chi connectivity index (χ0n) is 15.3. The molecule has 0 radical (unpaired) electrons. The van der Waals surface area contributed by atoms with Crippen LogP contribution < -0.4 is 5.32 Å². The van der Waals surface area contributed by atoms with Crippen LogP contribution in [0.1, 0.15) is 65.7 Å². The van der Waals surface area contributed by atoms with E-state index in [9.17, 15) is 14.9 Å². The zero-order valence-corrected chi connectivity index (χ0v) is 15.3. The van der Waals surface area contributed by atoms with Crippen LogP contribution >= 0.6 is 0 Å². The van der Waals surface area contributed by atoms with Gasteiger partial charge in [0.2, 0.25) is 6.04 Å². The van der Waals surface area contributed by atoms with Gasteiger partial charge in [0.25, 0.3) is 0 Å². The minimum Gasteiger partial charge on any atom is -0.458 e. The van der Waals surface area contributed by atoms with Gasteiger partial charge in [-0.15, -0.1) is 0 Å². The molecule has 2 aliphatic heterocycles. The molecule has 0 aromatic heterocycles. The molecule has 4 bridgehead atoms. The summed E-state index contributed by atoms with van der Waals surface area (Å²) in [5.41, 5.74) is -1.52. The normalized spacial score (nSPS) is 51.4. The number of nitrogens with one attached hydrogen (secondary N) is 1. The third-order valence-corrected chi connectivity index (χ3v) is 9.32. The van der Waals surface area contributed by atoms with Crippen LogP contribution in [0.15, 0.2) is 0 Å². The first-order chi connectivity index (χ1) is 11.7. The minimum absolute atomic E-state index is 0.0482. The number of carbonyl (C=O) groups excluding carboxylic acids is 1. The Hall–Kier alpha value is -1.17. The summed E-state index contributed by atoms with van der Waals surface area (Å²) in [5, 5.41) is 16.1. The topological polar surface area (TPSA) is 81.5 Å². The molecule has 2 spiro atoms. The smallest absolute Gasteiger partial charge is 0.324 e. The lowest BCUT2D eigenvalue weighted by molar-refractivity contribution is -0.553. The standard InChI is InChI=1S/C19H28N2O4/c1-16(2)11-7-10-17(16,3)15-19(11)14(21(23)24)18(8-5-4-6-9-18)12(20-19)13(22)25-15/h11-12,14-15,20H,4-10H2,1-3H3/t11-,12-,14-,15-,17-,19-/m0/s1. The van der Waals surface area contributed by atoms with Gasteiger partial charge in [-0.25, -0.2) is 0 Å². The quantitative estimate of drug-likeness (QED) is 0.448. The van der Waals surface area contributed by atoms with Crippen molar-refractivity contribution in [1.82, 2.24) is 5.32 Å². The van der Waals surface area contributed by atoms with Gasteiger partial charge in [0.15, 0.2) is 0 Å². The summed E-state index contributed by atoms with van der Waals surface area (Å²) in [6.45, 7) is 6.64. The highest BCUT2D eigenvalue weighted by atomic mass is 16.6. The van der Waals surface area contributed by atoms with Gasteiger partial charge >= 0.3 is 5.97 Å². The number of fused-ring (bicyclic) bond motifs is 5. The van der Waals surface area contributed by atoms with Crippen LogP contribution in [-0.2, 0) is 9.53 Å². The number of nitrogens with zero attached hydrogens (tertiary/aromatic N) is 1. The number of nitro groups is 1. The second kappa shape index (κ2) is 4.38. The Morgan fingerprint density at radius 2 is 1.84 bits per heavy atom. The van der Waals surface area contributed by atoms with E-state index in [0.29, 0.717) is 0 Å². The fraction of sp³-hybridized carbons (Fsp3) is 0.947. The van der Waals surface area contributed by atoms with Gasteiger partial charge in [0.05, 0.1) is 5.41 Å². The number of carbonyl (C=O) groups is 1. The third kappa shape index (κ3) is 1.44. The summed E-state index contributed by atoms with van der Waals surface area (Å²) in [6.07, 6.45) is 6.18. The summed E-state index contributed by atoms with van der Waals surface area (Å²) in [4.78, 5) is 25.4. The number of rotatable bonds is 1. The number of hydrogen-bond donors (Lipinski definition) is 1. The van der Waals surface area contributed by atoms with Crippen LogP contribution in [0.25, 0.3) is 0 Å². The SMILES string of the molecule is CC1(C)[C@@H]2CC[C@@]1(C)[C@@H]1OC(=O)[C@@H]3N[C@@]12[C@@H]([N+](=O)[O-])C31CCCCC1. The van der Waals surface area contributed by atoms with Crippen LogP contribution in [0.2, 0.25) is 0 Å². The van der Waals surface area contributed by atoms with Crippen molar-refractivity contribution in [2.75, 3.05) is 0 Å². The highest BCUT2D eigenvalue weighted by Gasteiger charge is 2.87. The monoisotopic (exact) mass is 348 g/mol. The molecule has 3 saturated carbocycles. The van der Waals surface area contributed by atoms with Crippen molar-refractivity contribution in [2.45, 2.75) is 89.4 Å². The van der Waals surface area contributed by atoms with E-state index in [2.05, 4.69) is 26.1 Å². The Bertz CT molecular complexity index is 670. The number of ether oxygens (including phenoxy) is 1. The van der Waals surface area contributed by atoms with Gasteiger partial charge in [0.1, 0.15) is 17.7 Å². The van der Waals surface area contributed by atoms with Crippen LogP contribution in [-0.4, -0.2) is 34.6 Å². The Morgan fingerprint density at radius 3 is 2.48 bits per heavy atom. The van der Waals surface area contributed by atoms with Crippen molar-refractivity contribution in [2.24, 2.45) is 22.2 Å². The maximum Gasteiger partial charge on any atom is 0.324 e. The van der Waals surface area contributed by atoms with Gasteiger partial charge in [-0.3, -0.25) is 20.2 Å². The fourth-order valence-electron chi connectivity index (χ4n) is 8.02. The second-order valence-corrected chi connectivity index (χ2v) is 10.0. The molecule has 6 nitrogen and oxygen atoms in total. The van der Waals surface area contributed by atoms with E-state index in [1.807, 2.05) is 0 Å². The van der Waals surface area contributed by atoms with Gasteiger partial charge in [0, 0.05) is 10.3 Å². The molecule has 0 unspecified atom stereocenters. The molecule has 5 fully saturated rings. The minimum atomic E-state index is -0.715. The molecule has 5 rings (SSSR count). The number of morpholine rings is 1. The van der Waals surface area contributed by atoms with Crippen LogP contribution in [0.5, 0.6) is 0 Å². The fourth-order valence-corrected chi connectivity index (χ4v) is 8.02. The first kappa shape index (κ1) is 16.0. The van der Waals surface area contributed by atoms with Crippen molar-refractivity contribution in [1.29, 1.82) is 0 Å². The van der Waals surface area contributed by atoms with Crippen LogP contribution in [0, 0.1) is 32.3 Å². The van der Waals surface area contributed by atoms with Crippen LogP contribution in [0.4, 0.5) is 0 Å². The average molecular weight is 348 g/mol. The average Bonchev–Trinajstić information content (AvgIpc) is 2.98. The van der Waals surface area contributed by atoms with E-state index in [4.69, 9.17) is 4.74 Å². The highest BCUT2D eigenvalue weighted by molar-refractivity contribution is 5.80. The molecule has 0 aromatic carbocycles. The van der Waals surface area contributed by atoms with Crippen LogP contribution in [0.3, 0.4) is 0 Å². The molecule has 138 valence electrons. The van der Waals surface area contributed by atoms with Gasteiger partial charge < -0.3 is 4.74 Å². The summed E-state index contributed by atoms with van der Waals surface area (Å²) in [5.74, 6) is -0.0567. The van der Waals surface area contributed by atoms with Gasteiger partial charge in [-0.05, 0) is 37.0 Å². The summed E-state index contributed by atoms with van der Waals surface area (Å²) in [6, 6.07) is -1.22. The first-order valence-electron chi connectivity index (χ1n) is 9.83. The molecular formula is C19H28N2O4. The van der Waals surface area contributed by atoms with E-state index in [1.165, 1.54) is 0 Å². The van der Waals surface area contributed by atoms with Crippen molar-refractivity contribution in [3.05, 3.63) is 10.1 Å². The Balaban J connectivity index is 1.75. The molecule has 0 aromatic rings. The second-order valence-electron chi connectivity index (χ2n) is 10.0. The van der Waals surface area contributed by atoms with Crippen molar-refractivity contribution in [3.8, 4) is 0 Å². The Kier molecular flexibility index (Phi) is 2.81. The lowest BCUT2D eigenvalue weighted by Crippen LogP contribution is -2.69. The number of esters is 1. The van der Waals surface area contributed by atoms with E-state index in [0.717, 1.165) is 44.9 Å². The molecule has 2 saturated heterocycles. The third-order valence-electron chi connectivity index (χ3n) is 9.32. The molecule has 5 aliphatic rings.